The third-order valence-electron chi connectivity index (χ3n) is 1.88. The van der Waals surface area contributed by atoms with Crippen LogP contribution < -0.4 is 5.32 Å². The highest BCUT2D eigenvalue weighted by atomic mass is 32.2. The molecule has 0 saturated heterocycles. The van der Waals surface area contributed by atoms with Crippen molar-refractivity contribution < 1.29 is 9.53 Å². The molecule has 0 bridgehead atoms. The number of alkyl carbamates (subject to hydrolysis) is 1. The highest BCUT2D eigenvalue weighted by molar-refractivity contribution is 7.98. The van der Waals surface area contributed by atoms with Crippen LogP contribution in [-0.4, -0.2) is 29.7 Å². The fourth-order valence-electron chi connectivity index (χ4n) is 1.11. The zero-order chi connectivity index (χ0) is 11.9. The van der Waals surface area contributed by atoms with Gasteiger partial charge in [-0.25, -0.2) is 4.79 Å². The first-order valence-corrected chi connectivity index (χ1v) is 6.77. The van der Waals surface area contributed by atoms with Crippen molar-refractivity contribution in [1.29, 1.82) is 0 Å². The highest BCUT2D eigenvalue weighted by Gasteiger charge is 2.18. The lowest BCUT2D eigenvalue weighted by molar-refractivity contribution is 0.0502. The summed E-state index contributed by atoms with van der Waals surface area (Å²) in [5.41, 5.74) is -0.415. The van der Waals surface area contributed by atoms with E-state index in [0.717, 1.165) is 18.6 Å². The van der Waals surface area contributed by atoms with Crippen molar-refractivity contribution in [2.45, 2.75) is 52.2 Å². The zero-order valence-electron chi connectivity index (χ0n) is 10.4. The summed E-state index contributed by atoms with van der Waals surface area (Å²) in [5, 5.41) is 2.88. The number of amides is 1. The van der Waals surface area contributed by atoms with Gasteiger partial charge in [0, 0.05) is 6.04 Å². The highest BCUT2D eigenvalue weighted by Crippen LogP contribution is 2.09. The molecule has 1 N–H and O–H groups in total. The van der Waals surface area contributed by atoms with Crippen LogP contribution in [0, 0.1) is 0 Å². The molecular weight excluding hydrogens is 210 g/mol. The van der Waals surface area contributed by atoms with Crippen LogP contribution in [0.25, 0.3) is 0 Å². The average molecular weight is 233 g/mol. The van der Waals surface area contributed by atoms with E-state index in [2.05, 4.69) is 18.5 Å². The molecule has 1 amide bonds. The predicted octanol–water partition coefficient (Wildman–Crippen LogP) is 3.04. The molecule has 1 atom stereocenters. The molecule has 0 rings (SSSR count). The smallest absolute Gasteiger partial charge is 0.407 e. The number of carbonyl (C=O) groups is 1. The first-order valence-electron chi connectivity index (χ1n) is 5.37. The van der Waals surface area contributed by atoms with E-state index in [1.807, 2.05) is 20.8 Å². The molecule has 0 fully saturated rings. The van der Waals surface area contributed by atoms with Crippen LogP contribution in [-0.2, 0) is 4.74 Å². The molecule has 0 unspecified atom stereocenters. The zero-order valence-corrected chi connectivity index (χ0v) is 11.2. The van der Waals surface area contributed by atoms with E-state index >= 15 is 0 Å². The Balaban J connectivity index is 3.91. The van der Waals surface area contributed by atoms with Gasteiger partial charge in [-0.15, -0.1) is 0 Å². The first-order chi connectivity index (χ1) is 6.89. The molecule has 0 aliphatic heterocycles. The van der Waals surface area contributed by atoms with Crippen molar-refractivity contribution in [2.75, 3.05) is 12.0 Å². The Morgan fingerprint density at radius 1 is 1.47 bits per heavy atom. The maximum atomic E-state index is 11.5. The van der Waals surface area contributed by atoms with Crippen molar-refractivity contribution in [3.05, 3.63) is 0 Å². The molecule has 4 heteroatoms. The predicted molar refractivity (Wildman–Crippen MR) is 66.4 cm³/mol. The summed E-state index contributed by atoms with van der Waals surface area (Å²) in [6.45, 7) is 7.68. The van der Waals surface area contributed by atoms with Gasteiger partial charge in [0.05, 0.1) is 0 Å². The average Bonchev–Trinajstić information content (AvgIpc) is 2.09. The molecule has 90 valence electrons. The van der Waals surface area contributed by atoms with E-state index in [9.17, 15) is 4.79 Å². The summed E-state index contributed by atoms with van der Waals surface area (Å²) in [6, 6.07) is 0.229. The first kappa shape index (κ1) is 14.6. The second kappa shape index (κ2) is 6.99. The van der Waals surface area contributed by atoms with Crippen LogP contribution in [0.2, 0.25) is 0 Å². The minimum absolute atomic E-state index is 0.229. The van der Waals surface area contributed by atoms with Gasteiger partial charge in [0.15, 0.2) is 0 Å². The van der Waals surface area contributed by atoms with Gasteiger partial charge in [0.2, 0.25) is 0 Å². The van der Waals surface area contributed by atoms with Crippen molar-refractivity contribution >= 4 is 17.9 Å². The van der Waals surface area contributed by atoms with Crippen molar-refractivity contribution in [2.24, 2.45) is 0 Å². The standard InChI is InChI=1S/C11H23NO2S/c1-6-9(7-8-15-5)12-10(13)14-11(2,3)4/h9H,6-8H2,1-5H3,(H,12,13)/t9-/m1/s1. The van der Waals surface area contributed by atoms with Gasteiger partial charge in [0.1, 0.15) is 5.60 Å². The molecule has 0 aromatic heterocycles. The number of hydrogen-bond acceptors (Lipinski definition) is 3. The molecule has 0 aliphatic rings. The van der Waals surface area contributed by atoms with E-state index in [1.54, 1.807) is 11.8 Å². The Bertz CT molecular complexity index is 190. The second-order valence-corrected chi connectivity index (χ2v) is 5.52. The number of hydrogen-bond donors (Lipinski definition) is 1. The van der Waals surface area contributed by atoms with Crippen LogP contribution >= 0.6 is 11.8 Å². The minimum atomic E-state index is -0.415. The Kier molecular flexibility index (Phi) is 6.81. The van der Waals surface area contributed by atoms with E-state index in [1.165, 1.54) is 0 Å². The Morgan fingerprint density at radius 3 is 2.47 bits per heavy atom. The molecule has 0 aromatic carbocycles. The fourth-order valence-corrected chi connectivity index (χ4v) is 1.63. The van der Waals surface area contributed by atoms with Crippen LogP contribution in [0.4, 0.5) is 4.79 Å². The summed E-state index contributed by atoms with van der Waals surface area (Å²) in [6.07, 6.45) is 3.70. The number of nitrogens with one attached hydrogen (secondary N) is 1. The third kappa shape index (κ3) is 8.60. The molecule has 0 heterocycles. The number of thioether (sulfide) groups is 1. The number of rotatable bonds is 5. The van der Waals surface area contributed by atoms with Gasteiger partial charge >= 0.3 is 6.09 Å². The lowest BCUT2D eigenvalue weighted by atomic mass is 10.2. The maximum absolute atomic E-state index is 11.5. The lowest BCUT2D eigenvalue weighted by Crippen LogP contribution is -2.39. The second-order valence-electron chi connectivity index (χ2n) is 4.53. The summed E-state index contributed by atoms with van der Waals surface area (Å²) in [5.74, 6) is 1.06. The van der Waals surface area contributed by atoms with E-state index in [0.29, 0.717) is 0 Å². The SMILES string of the molecule is CC[C@H](CCSC)NC(=O)OC(C)(C)C. The van der Waals surface area contributed by atoms with Crippen molar-refractivity contribution in [3.63, 3.8) is 0 Å². The van der Waals surface area contributed by atoms with E-state index < -0.39 is 5.60 Å². The Labute approximate surface area is 97.3 Å². The fraction of sp³-hybridized carbons (Fsp3) is 0.909. The monoisotopic (exact) mass is 233 g/mol. The largest absolute Gasteiger partial charge is 0.444 e. The van der Waals surface area contributed by atoms with Crippen molar-refractivity contribution in [3.8, 4) is 0 Å². The van der Waals surface area contributed by atoms with Gasteiger partial charge in [-0.2, -0.15) is 11.8 Å². The molecule has 15 heavy (non-hydrogen) atoms. The minimum Gasteiger partial charge on any atom is -0.444 e. The van der Waals surface area contributed by atoms with Crippen molar-refractivity contribution in [1.82, 2.24) is 5.32 Å². The quantitative estimate of drug-likeness (QED) is 0.793. The number of ether oxygens (including phenoxy) is 1. The molecule has 0 aromatic rings. The molecular formula is C11H23NO2S. The molecule has 0 radical (unpaired) electrons. The summed E-state index contributed by atoms with van der Waals surface area (Å²) in [4.78, 5) is 11.5. The van der Waals surface area contributed by atoms with Crippen LogP contribution in [0.5, 0.6) is 0 Å². The topological polar surface area (TPSA) is 38.3 Å². The third-order valence-corrected chi connectivity index (χ3v) is 2.53. The summed E-state index contributed by atoms with van der Waals surface area (Å²) in [7, 11) is 0. The molecule has 3 nitrogen and oxygen atoms in total. The van der Waals surface area contributed by atoms with Gasteiger partial charge in [0.25, 0.3) is 0 Å². The van der Waals surface area contributed by atoms with Crippen LogP contribution in [0.15, 0.2) is 0 Å². The van der Waals surface area contributed by atoms with E-state index in [-0.39, 0.29) is 12.1 Å². The molecule has 0 aliphatic carbocycles. The summed E-state index contributed by atoms with van der Waals surface area (Å²) >= 11 is 1.79. The normalized spacial score (nSPS) is 13.4. The van der Waals surface area contributed by atoms with Crippen LogP contribution in [0.3, 0.4) is 0 Å². The van der Waals surface area contributed by atoms with Gasteiger partial charge in [-0.1, -0.05) is 6.92 Å². The van der Waals surface area contributed by atoms with Gasteiger partial charge in [-0.3, -0.25) is 0 Å². The lowest BCUT2D eigenvalue weighted by Gasteiger charge is -2.22. The summed E-state index contributed by atoms with van der Waals surface area (Å²) < 4.78 is 5.19. The molecule has 0 spiro atoms. The maximum Gasteiger partial charge on any atom is 0.407 e. The van der Waals surface area contributed by atoms with Gasteiger partial charge < -0.3 is 10.1 Å². The van der Waals surface area contributed by atoms with Crippen LogP contribution in [0.1, 0.15) is 40.5 Å². The van der Waals surface area contributed by atoms with Gasteiger partial charge in [-0.05, 0) is 45.6 Å². The Hall–Kier alpha value is -0.380. The molecule has 0 saturated carbocycles. The van der Waals surface area contributed by atoms with E-state index in [4.69, 9.17) is 4.74 Å². The number of carbonyl (C=O) groups excluding carboxylic acids is 1. The Morgan fingerprint density at radius 2 is 2.07 bits per heavy atom.